The Labute approximate surface area is 174 Å². The van der Waals surface area contributed by atoms with Gasteiger partial charge in [-0.1, -0.05) is 76.1 Å². The van der Waals surface area contributed by atoms with Crippen molar-refractivity contribution in [1.82, 2.24) is 9.97 Å². The minimum Gasteiger partial charge on any atom is -0.235 e. The van der Waals surface area contributed by atoms with Crippen LogP contribution in [0, 0.1) is 23.2 Å². The van der Waals surface area contributed by atoms with Gasteiger partial charge in [0.25, 0.3) is 0 Å². The Morgan fingerprint density at radius 2 is 1.69 bits per heavy atom. The number of hydrogen-bond acceptors (Lipinski definition) is 3. The van der Waals surface area contributed by atoms with Crippen LogP contribution >= 0.6 is 0 Å². The lowest BCUT2D eigenvalue weighted by molar-refractivity contribution is 0.302. The van der Waals surface area contributed by atoms with Crippen molar-refractivity contribution in [3.8, 4) is 17.5 Å². The summed E-state index contributed by atoms with van der Waals surface area (Å²) < 4.78 is 13.7. The molecule has 3 nitrogen and oxygen atoms in total. The van der Waals surface area contributed by atoms with Crippen molar-refractivity contribution in [1.29, 1.82) is 5.26 Å². The summed E-state index contributed by atoms with van der Waals surface area (Å²) in [5.74, 6) is 1.11. The van der Waals surface area contributed by atoms with Crippen LogP contribution in [-0.4, -0.2) is 9.97 Å². The molecule has 2 aromatic rings. The van der Waals surface area contributed by atoms with Gasteiger partial charge in [-0.2, -0.15) is 14.6 Å². The number of unbranched alkanes of at least 4 members (excludes halogenated alkanes) is 5. The number of rotatable bonds is 9. The highest BCUT2D eigenvalue weighted by Gasteiger charge is 2.22. The van der Waals surface area contributed by atoms with E-state index >= 15 is 0 Å². The summed E-state index contributed by atoms with van der Waals surface area (Å²) >= 11 is 0. The second-order valence-electron chi connectivity index (χ2n) is 8.41. The van der Waals surface area contributed by atoms with E-state index in [4.69, 9.17) is 5.26 Å². The first-order chi connectivity index (χ1) is 14.2. The predicted molar refractivity (Wildman–Crippen MR) is 115 cm³/mol. The first-order valence-electron chi connectivity index (χ1n) is 11.2. The van der Waals surface area contributed by atoms with Crippen LogP contribution in [0.5, 0.6) is 0 Å². The Balaban J connectivity index is 1.47. The van der Waals surface area contributed by atoms with E-state index in [1.165, 1.54) is 82.4 Å². The molecule has 0 radical (unpaired) electrons. The molecule has 3 rings (SSSR count). The molecule has 1 aromatic heterocycles. The van der Waals surface area contributed by atoms with Gasteiger partial charge in [-0.25, -0.2) is 4.98 Å². The highest BCUT2D eigenvalue weighted by molar-refractivity contribution is 5.55. The zero-order chi connectivity index (χ0) is 20.5. The lowest BCUT2D eigenvalue weighted by atomic mass is 9.77. The molecule has 0 saturated heterocycles. The van der Waals surface area contributed by atoms with Gasteiger partial charge in [0.05, 0.1) is 6.20 Å². The normalized spacial score (nSPS) is 19.1. The fourth-order valence-corrected chi connectivity index (χ4v) is 4.48. The van der Waals surface area contributed by atoms with Crippen molar-refractivity contribution in [2.45, 2.75) is 83.5 Å². The van der Waals surface area contributed by atoms with Crippen molar-refractivity contribution >= 4 is 0 Å². The Morgan fingerprint density at radius 1 is 1.00 bits per heavy atom. The molecule has 0 N–H and O–H groups in total. The van der Waals surface area contributed by atoms with Crippen LogP contribution in [0.1, 0.15) is 94.6 Å². The number of halogens is 1. The maximum Gasteiger partial charge on any atom is 0.234 e. The van der Waals surface area contributed by atoms with Gasteiger partial charge in [0.1, 0.15) is 11.6 Å². The molecule has 1 fully saturated rings. The second-order valence-corrected chi connectivity index (χ2v) is 8.41. The quantitative estimate of drug-likeness (QED) is 0.335. The van der Waals surface area contributed by atoms with Gasteiger partial charge < -0.3 is 0 Å². The third-order valence-electron chi connectivity index (χ3n) is 6.32. The van der Waals surface area contributed by atoms with Gasteiger partial charge in [-0.05, 0) is 43.1 Å². The molecule has 154 valence electrons. The van der Waals surface area contributed by atoms with Crippen molar-refractivity contribution in [2.75, 3.05) is 0 Å². The van der Waals surface area contributed by atoms with Gasteiger partial charge in [-0.15, -0.1) is 0 Å². The van der Waals surface area contributed by atoms with E-state index in [1.807, 2.05) is 12.1 Å². The number of nitriles is 1. The molecule has 1 aromatic carbocycles. The third kappa shape index (κ3) is 6.10. The van der Waals surface area contributed by atoms with Crippen molar-refractivity contribution in [2.24, 2.45) is 5.92 Å². The van der Waals surface area contributed by atoms with Gasteiger partial charge in [0.15, 0.2) is 5.82 Å². The highest BCUT2D eigenvalue weighted by atomic mass is 19.1. The van der Waals surface area contributed by atoms with Crippen LogP contribution in [0.2, 0.25) is 0 Å². The second kappa shape index (κ2) is 11.0. The lowest BCUT2D eigenvalue weighted by Gasteiger charge is -2.29. The maximum atomic E-state index is 13.7. The van der Waals surface area contributed by atoms with E-state index < -0.39 is 5.95 Å². The summed E-state index contributed by atoms with van der Waals surface area (Å²) in [6.07, 6.45) is 16.2. The number of aromatic nitrogens is 2. The Morgan fingerprint density at radius 3 is 2.34 bits per heavy atom. The molecule has 1 heterocycles. The fourth-order valence-electron chi connectivity index (χ4n) is 4.48. The standard InChI is InChI=1S/C25H32FN3/c1-2-3-4-5-6-7-8-19-9-11-20(12-10-19)21-13-15-22(16-14-21)25-28-18-23(17-27)24(26)29-25/h13-16,18-20H,2-12H2,1H3. The van der Waals surface area contributed by atoms with Crippen LogP contribution in [0.25, 0.3) is 11.4 Å². The zero-order valence-corrected chi connectivity index (χ0v) is 17.5. The van der Waals surface area contributed by atoms with Gasteiger partial charge >= 0.3 is 0 Å². The number of hydrogen-bond donors (Lipinski definition) is 0. The molecule has 0 amide bonds. The minimum atomic E-state index is -0.759. The summed E-state index contributed by atoms with van der Waals surface area (Å²) in [5, 5.41) is 8.80. The Hall–Kier alpha value is -2.28. The van der Waals surface area contributed by atoms with Gasteiger partial charge in [-0.3, -0.25) is 0 Å². The number of nitrogens with zero attached hydrogens (tertiary/aromatic N) is 3. The zero-order valence-electron chi connectivity index (χ0n) is 17.5. The van der Waals surface area contributed by atoms with E-state index in [2.05, 4.69) is 29.0 Å². The molecule has 0 unspecified atom stereocenters. The summed E-state index contributed by atoms with van der Waals surface area (Å²) in [6, 6.07) is 9.96. The highest BCUT2D eigenvalue weighted by Crippen LogP contribution is 2.38. The molecule has 29 heavy (non-hydrogen) atoms. The molecule has 0 bridgehead atoms. The Kier molecular flexibility index (Phi) is 8.16. The van der Waals surface area contributed by atoms with Crippen molar-refractivity contribution in [3.63, 3.8) is 0 Å². The van der Waals surface area contributed by atoms with Crippen LogP contribution < -0.4 is 0 Å². The molecule has 1 aliphatic rings. The van der Waals surface area contributed by atoms with Gasteiger partial charge in [0, 0.05) is 5.56 Å². The molecular weight excluding hydrogens is 361 g/mol. The first-order valence-corrected chi connectivity index (χ1v) is 11.2. The summed E-state index contributed by atoms with van der Waals surface area (Å²) in [6.45, 7) is 2.27. The molecule has 1 aliphatic carbocycles. The van der Waals surface area contributed by atoms with E-state index in [0.717, 1.165) is 11.5 Å². The topological polar surface area (TPSA) is 49.6 Å². The Bertz CT molecular complexity index is 802. The largest absolute Gasteiger partial charge is 0.235 e. The summed E-state index contributed by atoms with van der Waals surface area (Å²) in [7, 11) is 0. The average Bonchev–Trinajstić information content (AvgIpc) is 2.77. The van der Waals surface area contributed by atoms with E-state index in [0.29, 0.717) is 11.7 Å². The lowest BCUT2D eigenvalue weighted by Crippen LogP contribution is -2.13. The maximum absolute atomic E-state index is 13.7. The molecule has 0 aliphatic heterocycles. The third-order valence-corrected chi connectivity index (χ3v) is 6.32. The number of benzene rings is 1. The molecule has 0 atom stereocenters. The predicted octanol–water partition coefficient (Wildman–Crippen LogP) is 7.18. The van der Waals surface area contributed by atoms with Gasteiger partial charge in [0.2, 0.25) is 5.95 Å². The fraction of sp³-hybridized carbons (Fsp3) is 0.560. The van der Waals surface area contributed by atoms with E-state index in [1.54, 1.807) is 6.07 Å². The van der Waals surface area contributed by atoms with Crippen molar-refractivity contribution in [3.05, 3.63) is 47.5 Å². The summed E-state index contributed by atoms with van der Waals surface area (Å²) in [5.41, 5.74) is 2.03. The monoisotopic (exact) mass is 393 g/mol. The summed E-state index contributed by atoms with van der Waals surface area (Å²) in [4.78, 5) is 7.93. The van der Waals surface area contributed by atoms with Crippen molar-refractivity contribution < 1.29 is 4.39 Å². The van der Waals surface area contributed by atoms with Crippen LogP contribution in [-0.2, 0) is 0 Å². The molecule has 1 saturated carbocycles. The molecule has 4 heteroatoms. The van der Waals surface area contributed by atoms with E-state index in [9.17, 15) is 4.39 Å². The molecular formula is C25H32FN3. The smallest absolute Gasteiger partial charge is 0.234 e. The minimum absolute atomic E-state index is 0.122. The van der Waals surface area contributed by atoms with Crippen LogP contribution in [0.15, 0.2) is 30.5 Å². The average molecular weight is 394 g/mol. The first kappa shape index (κ1) is 21.4. The van der Waals surface area contributed by atoms with Crippen LogP contribution in [0.4, 0.5) is 4.39 Å². The SMILES string of the molecule is CCCCCCCCC1CCC(c2ccc(-c3ncc(C#N)c(F)n3)cc2)CC1. The van der Waals surface area contributed by atoms with E-state index in [-0.39, 0.29) is 5.56 Å². The van der Waals surface area contributed by atoms with Crippen LogP contribution in [0.3, 0.4) is 0 Å². The molecule has 0 spiro atoms.